The molecule has 0 nitrogen and oxygen atoms in total. The Bertz CT molecular complexity index is 176. The van der Waals surface area contributed by atoms with Crippen molar-refractivity contribution in [3.63, 3.8) is 0 Å². The smallest absolute Gasteiger partial charge is 0.00638 e. The Labute approximate surface area is 63.3 Å². The van der Waals surface area contributed by atoms with Crippen molar-refractivity contribution < 1.29 is 0 Å². The van der Waals surface area contributed by atoms with E-state index in [1.165, 1.54) is 18.4 Å². The molecule has 0 atom stereocenters. The molecule has 0 aromatic carbocycles. The van der Waals surface area contributed by atoms with Crippen molar-refractivity contribution in [1.29, 1.82) is 0 Å². The van der Waals surface area contributed by atoms with Gasteiger partial charge in [-0.3, -0.25) is 0 Å². The first-order valence-electron chi connectivity index (χ1n) is 3.93. The first-order valence-corrected chi connectivity index (χ1v) is 3.93. The monoisotopic (exact) mass is 133 g/mol. The minimum Gasteiger partial charge on any atom is -0.0985 e. The van der Waals surface area contributed by atoms with E-state index in [-0.39, 0.29) is 0 Å². The second kappa shape index (κ2) is 4.17. The van der Waals surface area contributed by atoms with Gasteiger partial charge in [-0.05, 0) is 31.3 Å². The third kappa shape index (κ3) is 2.27. The second-order valence-corrected chi connectivity index (χ2v) is 2.45. The van der Waals surface area contributed by atoms with E-state index in [1.807, 2.05) is 0 Å². The molecule has 0 bridgehead atoms. The molecule has 0 fully saturated rings. The third-order valence-corrected chi connectivity index (χ3v) is 1.55. The summed E-state index contributed by atoms with van der Waals surface area (Å²) in [4.78, 5) is 0. The summed E-state index contributed by atoms with van der Waals surface area (Å²) in [7, 11) is 0. The van der Waals surface area contributed by atoms with Crippen LogP contribution in [0.4, 0.5) is 0 Å². The number of hydrogen-bond acceptors (Lipinski definition) is 0. The molecular weight excluding hydrogens is 120 g/mol. The molecule has 0 N–H and O–H groups in total. The highest BCUT2D eigenvalue weighted by molar-refractivity contribution is 5.31. The zero-order valence-corrected chi connectivity index (χ0v) is 6.48. The molecule has 0 heteroatoms. The molecule has 1 rings (SSSR count). The molecule has 0 spiro atoms. The molecule has 1 aliphatic carbocycles. The van der Waals surface area contributed by atoms with Gasteiger partial charge in [0, 0.05) is 6.42 Å². The van der Waals surface area contributed by atoms with Crippen LogP contribution in [0, 0.1) is 18.3 Å². The van der Waals surface area contributed by atoms with E-state index in [1.54, 1.807) is 0 Å². The van der Waals surface area contributed by atoms with E-state index in [9.17, 15) is 0 Å². The summed E-state index contributed by atoms with van der Waals surface area (Å²) < 4.78 is 0. The highest BCUT2D eigenvalue weighted by Crippen LogP contribution is 2.14. The average Bonchev–Trinajstić information content (AvgIpc) is 2.03. The van der Waals surface area contributed by atoms with Crippen molar-refractivity contribution in [2.45, 2.75) is 32.6 Å². The summed E-state index contributed by atoms with van der Waals surface area (Å²) in [6, 6.07) is 0. The van der Waals surface area contributed by atoms with Gasteiger partial charge in [0.05, 0.1) is 0 Å². The van der Waals surface area contributed by atoms with Gasteiger partial charge in [-0.2, -0.15) is 0 Å². The van der Waals surface area contributed by atoms with Crippen LogP contribution in [0.25, 0.3) is 0 Å². The van der Waals surface area contributed by atoms with Gasteiger partial charge >= 0.3 is 0 Å². The molecule has 0 saturated heterocycles. The zero-order chi connectivity index (χ0) is 7.23. The predicted molar refractivity (Wildman–Crippen MR) is 44.3 cm³/mol. The van der Waals surface area contributed by atoms with Crippen molar-refractivity contribution in [1.82, 2.24) is 0 Å². The Balaban J connectivity index is 2.46. The predicted octanol–water partition coefficient (Wildman–Crippen LogP) is 2.71. The fourth-order valence-corrected chi connectivity index (χ4v) is 1.02. The Morgan fingerprint density at radius 1 is 1.50 bits per heavy atom. The largest absolute Gasteiger partial charge is 0.0985 e. The number of allylic oxidation sites excluding steroid dienone is 2. The zero-order valence-electron chi connectivity index (χ0n) is 6.48. The van der Waals surface area contributed by atoms with E-state index in [2.05, 4.69) is 31.3 Å². The first kappa shape index (κ1) is 7.41. The molecule has 0 aromatic heterocycles. The van der Waals surface area contributed by atoms with Gasteiger partial charge in [0.25, 0.3) is 0 Å². The highest BCUT2D eigenvalue weighted by atomic mass is 14.0. The second-order valence-electron chi connectivity index (χ2n) is 2.45. The Morgan fingerprint density at radius 2 is 2.40 bits per heavy atom. The van der Waals surface area contributed by atoms with E-state index >= 15 is 0 Å². The lowest BCUT2D eigenvalue weighted by Gasteiger charge is -2.04. The van der Waals surface area contributed by atoms with Gasteiger partial charge in [-0.15, -0.1) is 0 Å². The minimum atomic E-state index is 0.970. The lowest BCUT2D eigenvalue weighted by molar-refractivity contribution is 0.874. The topological polar surface area (TPSA) is 0 Å². The van der Waals surface area contributed by atoms with E-state index in [0.717, 1.165) is 12.8 Å². The average molecular weight is 133 g/mol. The van der Waals surface area contributed by atoms with Crippen LogP contribution >= 0.6 is 0 Å². The molecule has 0 aliphatic heterocycles. The number of hydrogen-bond donors (Lipinski definition) is 0. The van der Waals surface area contributed by atoms with Crippen molar-refractivity contribution in [2.75, 3.05) is 0 Å². The van der Waals surface area contributed by atoms with Crippen molar-refractivity contribution in [3.05, 3.63) is 18.1 Å². The van der Waals surface area contributed by atoms with Gasteiger partial charge in [0.15, 0.2) is 0 Å². The van der Waals surface area contributed by atoms with Crippen LogP contribution in [-0.2, 0) is 0 Å². The van der Waals surface area contributed by atoms with Crippen LogP contribution in [-0.4, -0.2) is 0 Å². The summed E-state index contributed by atoms with van der Waals surface area (Å²) in [6.45, 7) is 2.08. The lowest BCUT2D eigenvalue weighted by atomic mass is 10.0. The van der Waals surface area contributed by atoms with Crippen LogP contribution < -0.4 is 0 Å². The molecule has 1 radical (unpaired) electrons. The van der Waals surface area contributed by atoms with Crippen LogP contribution in [0.2, 0.25) is 0 Å². The Hall–Kier alpha value is -0.700. The maximum absolute atomic E-state index is 3.15. The van der Waals surface area contributed by atoms with Gasteiger partial charge in [-0.25, -0.2) is 0 Å². The summed E-state index contributed by atoms with van der Waals surface area (Å²) in [6.07, 6.45) is 9.04. The Kier molecular flexibility index (Phi) is 3.09. The number of rotatable bonds is 0. The maximum atomic E-state index is 3.15. The van der Waals surface area contributed by atoms with Gasteiger partial charge in [0.2, 0.25) is 0 Å². The minimum absolute atomic E-state index is 0.970. The molecular formula is C10H13. The standard InChI is InChI=1S/C10H13/c1-2-3-7-10-8-5-4-6-9-10/h5,9H,2,4,6,8H2,1H3. The highest BCUT2D eigenvalue weighted by Gasteiger charge is 1.98. The first-order chi connectivity index (χ1) is 4.93. The molecule has 0 unspecified atom stereocenters. The van der Waals surface area contributed by atoms with Crippen LogP contribution in [0.5, 0.6) is 0 Å². The third-order valence-electron chi connectivity index (χ3n) is 1.55. The summed E-state index contributed by atoms with van der Waals surface area (Å²) in [5.41, 5.74) is 1.31. The molecule has 10 heavy (non-hydrogen) atoms. The van der Waals surface area contributed by atoms with Gasteiger partial charge in [-0.1, -0.05) is 24.8 Å². The fraction of sp³-hybridized carbons (Fsp3) is 0.500. The SMILES string of the molecule is CCC#CC1=CCC[CH]C1. The van der Waals surface area contributed by atoms with Crippen LogP contribution in [0.15, 0.2) is 11.6 Å². The quantitative estimate of drug-likeness (QED) is 0.446. The van der Waals surface area contributed by atoms with Crippen molar-refractivity contribution >= 4 is 0 Å². The molecule has 0 heterocycles. The van der Waals surface area contributed by atoms with Crippen molar-refractivity contribution in [2.24, 2.45) is 0 Å². The van der Waals surface area contributed by atoms with Gasteiger partial charge < -0.3 is 0 Å². The Morgan fingerprint density at radius 3 is 3.00 bits per heavy atom. The lowest BCUT2D eigenvalue weighted by Crippen LogP contribution is -1.89. The van der Waals surface area contributed by atoms with Crippen LogP contribution in [0.1, 0.15) is 32.6 Å². The molecule has 1 aliphatic rings. The summed E-state index contributed by atoms with van der Waals surface area (Å²) in [5, 5.41) is 0. The summed E-state index contributed by atoms with van der Waals surface area (Å²) in [5.74, 6) is 6.23. The van der Waals surface area contributed by atoms with Crippen molar-refractivity contribution in [3.8, 4) is 11.8 Å². The van der Waals surface area contributed by atoms with E-state index in [4.69, 9.17) is 0 Å². The normalized spacial score (nSPS) is 17.1. The summed E-state index contributed by atoms with van der Waals surface area (Å²) >= 11 is 0. The molecule has 0 aromatic rings. The molecule has 0 saturated carbocycles. The van der Waals surface area contributed by atoms with Gasteiger partial charge in [0.1, 0.15) is 0 Å². The van der Waals surface area contributed by atoms with E-state index < -0.39 is 0 Å². The molecule has 0 amide bonds. The maximum Gasteiger partial charge on any atom is 0.00638 e. The molecule has 53 valence electrons. The van der Waals surface area contributed by atoms with E-state index in [0.29, 0.717) is 0 Å². The van der Waals surface area contributed by atoms with Crippen LogP contribution in [0.3, 0.4) is 0 Å². The fourth-order valence-electron chi connectivity index (χ4n) is 1.02.